The first-order valence-electron chi connectivity index (χ1n) is 12.2. The maximum absolute atomic E-state index is 14.5. The molecule has 0 heterocycles. The van der Waals surface area contributed by atoms with Crippen molar-refractivity contribution >= 4 is 0 Å². The highest BCUT2D eigenvalue weighted by atomic mass is 19.1. The lowest BCUT2D eigenvalue weighted by Gasteiger charge is -2.45. The molecule has 4 unspecified atom stereocenters. The molecule has 0 radical (unpaired) electrons. The van der Waals surface area contributed by atoms with Crippen molar-refractivity contribution in [3.63, 3.8) is 0 Å². The fraction of sp³-hybridized carbons (Fsp3) is 0.643. The average Bonchev–Trinajstić information content (AvgIpc) is 2.77. The van der Waals surface area contributed by atoms with Crippen LogP contribution in [0.25, 0.3) is 0 Å². The molecule has 3 aliphatic carbocycles. The second-order valence-corrected chi connectivity index (χ2v) is 10.2. The van der Waals surface area contributed by atoms with E-state index in [2.05, 4.69) is 25.3 Å². The van der Waals surface area contributed by atoms with E-state index in [1.54, 1.807) is 0 Å². The van der Waals surface area contributed by atoms with Gasteiger partial charge in [-0.1, -0.05) is 24.3 Å². The Bertz CT molecular complexity index is 696. The molecule has 0 aliphatic heterocycles. The van der Waals surface area contributed by atoms with E-state index in [1.807, 2.05) is 18.2 Å². The Kier molecular flexibility index (Phi) is 6.93. The molecule has 0 aromatic heterocycles. The highest BCUT2D eigenvalue weighted by Gasteiger charge is 2.38. The van der Waals surface area contributed by atoms with E-state index in [1.165, 1.54) is 69.8 Å². The van der Waals surface area contributed by atoms with Gasteiger partial charge in [-0.25, -0.2) is 4.39 Å². The van der Waals surface area contributed by atoms with Crippen LogP contribution < -0.4 is 0 Å². The van der Waals surface area contributed by atoms with Gasteiger partial charge >= 0.3 is 0 Å². The summed E-state index contributed by atoms with van der Waals surface area (Å²) >= 11 is 0. The molecule has 3 saturated carbocycles. The van der Waals surface area contributed by atoms with Gasteiger partial charge in [0.1, 0.15) is 5.82 Å². The fourth-order valence-corrected chi connectivity index (χ4v) is 6.81. The number of benzene rings is 1. The SMILES string of the molecule is C=CCCc1ccc(C2CCC(C3CCC4CC(C=C)CCC4C3)CC2)cc1F. The van der Waals surface area contributed by atoms with Crippen LogP contribution in [0.2, 0.25) is 0 Å². The zero-order valence-corrected chi connectivity index (χ0v) is 18.1. The summed E-state index contributed by atoms with van der Waals surface area (Å²) < 4.78 is 14.5. The van der Waals surface area contributed by atoms with Crippen molar-refractivity contribution in [1.29, 1.82) is 0 Å². The second-order valence-electron chi connectivity index (χ2n) is 10.2. The fourth-order valence-electron chi connectivity index (χ4n) is 6.81. The molecule has 4 rings (SSSR count). The standard InChI is InChI=1S/C28H39F/c1-3-5-6-23-13-14-27(19-28(23)29)22-11-9-21(10-12-22)25-16-15-24-17-20(4-2)7-8-26(24)18-25/h3-4,13-14,19-22,24-26H,1-2,5-12,15-18H2. The third-order valence-corrected chi connectivity index (χ3v) is 8.63. The minimum absolute atomic E-state index is 0.0140. The minimum atomic E-state index is -0.0140. The van der Waals surface area contributed by atoms with Gasteiger partial charge in [-0.2, -0.15) is 0 Å². The van der Waals surface area contributed by atoms with Crippen LogP contribution in [0.1, 0.15) is 87.7 Å². The summed E-state index contributed by atoms with van der Waals surface area (Å²) in [6.07, 6.45) is 19.5. The molecule has 0 amide bonds. The lowest BCUT2D eigenvalue weighted by atomic mass is 9.61. The number of fused-ring (bicyclic) bond motifs is 1. The minimum Gasteiger partial charge on any atom is -0.207 e. The van der Waals surface area contributed by atoms with E-state index in [0.29, 0.717) is 5.92 Å². The Morgan fingerprint density at radius 2 is 1.48 bits per heavy atom. The Morgan fingerprint density at radius 3 is 2.17 bits per heavy atom. The quantitative estimate of drug-likeness (QED) is 0.426. The maximum Gasteiger partial charge on any atom is 0.126 e. The van der Waals surface area contributed by atoms with Gasteiger partial charge in [0.25, 0.3) is 0 Å². The summed E-state index contributed by atoms with van der Waals surface area (Å²) in [5.74, 6) is 5.17. The zero-order valence-electron chi connectivity index (χ0n) is 18.1. The summed E-state index contributed by atoms with van der Waals surface area (Å²) in [7, 11) is 0. The van der Waals surface area contributed by atoms with Gasteiger partial charge in [0.2, 0.25) is 0 Å². The number of rotatable bonds is 6. The molecule has 1 aromatic rings. The maximum atomic E-state index is 14.5. The van der Waals surface area contributed by atoms with Crippen molar-refractivity contribution in [3.8, 4) is 0 Å². The summed E-state index contributed by atoms with van der Waals surface area (Å²) in [5, 5.41) is 0. The Labute approximate surface area is 177 Å². The molecule has 1 aromatic carbocycles. The van der Waals surface area contributed by atoms with Crippen molar-refractivity contribution in [3.05, 3.63) is 60.5 Å². The third-order valence-electron chi connectivity index (χ3n) is 8.63. The molecular weight excluding hydrogens is 355 g/mol. The van der Waals surface area contributed by atoms with Crippen LogP contribution in [0.3, 0.4) is 0 Å². The largest absolute Gasteiger partial charge is 0.207 e. The van der Waals surface area contributed by atoms with Crippen LogP contribution >= 0.6 is 0 Å². The van der Waals surface area contributed by atoms with Gasteiger partial charge in [-0.15, -0.1) is 13.2 Å². The monoisotopic (exact) mass is 394 g/mol. The van der Waals surface area contributed by atoms with Crippen LogP contribution in [0.15, 0.2) is 43.5 Å². The molecule has 0 spiro atoms. The molecule has 158 valence electrons. The van der Waals surface area contributed by atoms with Gasteiger partial charge in [-0.3, -0.25) is 0 Å². The van der Waals surface area contributed by atoms with Gasteiger partial charge in [0, 0.05) is 0 Å². The smallest absolute Gasteiger partial charge is 0.126 e. The Hall–Kier alpha value is -1.37. The van der Waals surface area contributed by atoms with E-state index in [-0.39, 0.29) is 5.82 Å². The van der Waals surface area contributed by atoms with Crippen LogP contribution in [-0.4, -0.2) is 0 Å². The van der Waals surface area contributed by atoms with E-state index in [9.17, 15) is 4.39 Å². The van der Waals surface area contributed by atoms with Crippen LogP contribution in [0, 0.1) is 35.4 Å². The number of allylic oxidation sites excluding steroid dienone is 2. The summed E-state index contributed by atoms with van der Waals surface area (Å²) in [5.41, 5.74) is 2.07. The number of hydrogen-bond donors (Lipinski definition) is 0. The van der Waals surface area contributed by atoms with E-state index < -0.39 is 0 Å². The van der Waals surface area contributed by atoms with Crippen LogP contribution in [0.5, 0.6) is 0 Å². The van der Waals surface area contributed by atoms with Gasteiger partial charge < -0.3 is 0 Å². The Balaban J connectivity index is 1.29. The first kappa shape index (κ1) is 20.9. The predicted molar refractivity (Wildman–Crippen MR) is 121 cm³/mol. The first-order valence-corrected chi connectivity index (χ1v) is 12.2. The molecule has 0 bridgehead atoms. The van der Waals surface area contributed by atoms with Crippen molar-refractivity contribution in [2.75, 3.05) is 0 Å². The highest BCUT2D eigenvalue weighted by Crippen LogP contribution is 2.50. The third kappa shape index (κ3) is 4.86. The zero-order chi connectivity index (χ0) is 20.2. The normalized spacial score (nSPS) is 34.9. The molecule has 29 heavy (non-hydrogen) atoms. The predicted octanol–water partition coefficient (Wildman–Crippen LogP) is 8.24. The van der Waals surface area contributed by atoms with Crippen molar-refractivity contribution < 1.29 is 4.39 Å². The Morgan fingerprint density at radius 1 is 0.828 bits per heavy atom. The van der Waals surface area contributed by atoms with Crippen molar-refractivity contribution in [1.82, 2.24) is 0 Å². The van der Waals surface area contributed by atoms with E-state index >= 15 is 0 Å². The molecule has 4 atom stereocenters. The van der Waals surface area contributed by atoms with Gasteiger partial charge in [-0.05, 0) is 130 Å². The van der Waals surface area contributed by atoms with Crippen molar-refractivity contribution in [2.45, 2.75) is 83.0 Å². The number of aryl methyl sites for hydroxylation is 1. The average molecular weight is 395 g/mol. The highest BCUT2D eigenvalue weighted by molar-refractivity contribution is 5.27. The number of hydrogen-bond acceptors (Lipinski definition) is 0. The molecular formula is C28H39F. The number of halogens is 1. The van der Waals surface area contributed by atoms with E-state index in [0.717, 1.165) is 48.0 Å². The van der Waals surface area contributed by atoms with Gasteiger partial charge in [0.05, 0.1) is 0 Å². The lowest BCUT2D eigenvalue weighted by Crippen LogP contribution is -2.34. The molecule has 0 saturated heterocycles. The summed E-state index contributed by atoms with van der Waals surface area (Å²) in [6, 6.07) is 6.03. The molecule has 3 aliphatic rings. The van der Waals surface area contributed by atoms with Crippen molar-refractivity contribution in [2.24, 2.45) is 29.6 Å². The molecule has 3 fully saturated rings. The van der Waals surface area contributed by atoms with Crippen LogP contribution in [-0.2, 0) is 6.42 Å². The molecule has 0 N–H and O–H groups in total. The second kappa shape index (κ2) is 9.63. The summed E-state index contributed by atoms with van der Waals surface area (Å²) in [6.45, 7) is 7.78. The van der Waals surface area contributed by atoms with Gasteiger partial charge in [0.15, 0.2) is 0 Å². The topological polar surface area (TPSA) is 0 Å². The first-order chi connectivity index (χ1) is 14.2. The summed E-state index contributed by atoms with van der Waals surface area (Å²) in [4.78, 5) is 0. The molecule has 0 nitrogen and oxygen atoms in total. The van der Waals surface area contributed by atoms with Crippen LogP contribution in [0.4, 0.5) is 4.39 Å². The lowest BCUT2D eigenvalue weighted by molar-refractivity contribution is 0.0719. The molecule has 1 heteroatoms. The van der Waals surface area contributed by atoms with E-state index in [4.69, 9.17) is 0 Å².